The highest BCUT2D eigenvalue weighted by Crippen LogP contribution is 2.13. The molecular weight excluding hydrogens is 382 g/mol. The molecule has 0 radical (unpaired) electrons. The number of carbonyl (C=O) groups excluding carboxylic acids is 3. The van der Waals surface area contributed by atoms with Gasteiger partial charge in [-0.2, -0.15) is 0 Å². The summed E-state index contributed by atoms with van der Waals surface area (Å²) in [6, 6.07) is 19.1. The predicted molar refractivity (Wildman–Crippen MR) is 113 cm³/mol. The molecule has 0 saturated heterocycles. The van der Waals surface area contributed by atoms with E-state index in [1.807, 2.05) is 60.7 Å². The average Bonchev–Trinajstić information content (AvgIpc) is 2.79. The van der Waals surface area contributed by atoms with Crippen LogP contribution in [0.3, 0.4) is 0 Å². The van der Waals surface area contributed by atoms with Crippen molar-refractivity contribution in [3.63, 3.8) is 0 Å². The first-order valence-electron chi connectivity index (χ1n) is 10.2. The molecule has 0 aromatic heterocycles. The molecule has 0 heterocycles. The van der Waals surface area contributed by atoms with E-state index in [9.17, 15) is 14.4 Å². The van der Waals surface area contributed by atoms with E-state index in [4.69, 9.17) is 5.21 Å². The number of hydrogen-bond donors (Lipinski definition) is 4. The summed E-state index contributed by atoms with van der Waals surface area (Å²) in [6.45, 7) is 0.720. The van der Waals surface area contributed by atoms with Gasteiger partial charge in [-0.15, -0.1) is 0 Å². The fourth-order valence-electron chi connectivity index (χ4n) is 3.06. The summed E-state index contributed by atoms with van der Waals surface area (Å²) < 4.78 is 0. The highest BCUT2D eigenvalue weighted by molar-refractivity contribution is 6.00. The van der Waals surface area contributed by atoms with E-state index in [0.717, 1.165) is 11.1 Å². The Kier molecular flexibility index (Phi) is 10.1. The van der Waals surface area contributed by atoms with Gasteiger partial charge in [0, 0.05) is 19.5 Å². The molecule has 0 fully saturated rings. The first kappa shape index (κ1) is 23.1. The Morgan fingerprint density at radius 2 is 1.23 bits per heavy atom. The smallest absolute Gasteiger partial charge is 0.243 e. The molecule has 30 heavy (non-hydrogen) atoms. The molecule has 0 unspecified atom stereocenters. The van der Waals surface area contributed by atoms with Gasteiger partial charge in [-0.25, -0.2) is 5.48 Å². The monoisotopic (exact) mass is 411 g/mol. The van der Waals surface area contributed by atoms with E-state index >= 15 is 0 Å². The third-order valence-electron chi connectivity index (χ3n) is 4.77. The van der Waals surface area contributed by atoms with Gasteiger partial charge in [-0.05, 0) is 24.0 Å². The normalized spacial score (nSPS) is 10.5. The van der Waals surface area contributed by atoms with E-state index in [1.165, 1.54) is 0 Å². The zero-order valence-corrected chi connectivity index (χ0v) is 17.0. The molecule has 2 aromatic carbocycles. The second-order valence-electron chi connectivity index (χ2n) is 7.09. The van der Waals surface area contributed by atoms with Crippen LogP contribution in [0.2, 0.25) is 0 Å². The van der Waals surface area contributed by atoms with Crippen LogP contribution in [0, 0.1) is 5.92 Å². The van der Waals surface area contributed by atoms with E-state index in [-0.39, 0.29) is 18.2 Å². The molecule has 0 spiro atoms. The topological polar surface area (TPSA) is 108 Å². The van der Waals surface area contributed by atoms with Crippen LogP contribution in [0.5, 0.6) is 0 Å². The molecule has 2 rings (SSSR count). The molecule has 7 nitrogen and oxygen atoms in total. The van der Waals surface area contributed by atoms with Crippen LogP contribution < -0.4 is 16.1 Å². The molecule has 7 heteroatoms. The molecule has 0 bridgehead atoms. The maximum atomic E-state index is 12.7. The van der Waals surface area contributed by atoms with Crippen LogP contribution in [-0.2, 0) is 27.5 Å². The van der Waals surface area contributed by atoms with Crippen molar-refractivity contribution in [1.82, 2.24) is 16.1 Å². The summed E-state index contributed by atoms with van der Waals surface area (Å²) in [6.07, 6.45) is 2.49. The third kappa shape index (κ3) is 8.45. The first-order chi connectivity index (χ1) is 14.6. The lowest BCUT2D eigenvalue weighted by atomic mass is 9.98. The Labute approximate surface area is 176 Å². The Hall–Kier alpha value is -3.19. The van der Waals surface area contributed by atoms with E-state index in [2.05, 4.69) is 10.6 Å². The third-order valence-corrected chi connectivity index (χ3v) is 4.77. The molecule has 0 aliphatic rings. The van der Waals surface area contributed by atoms with Gasteiger partial charge in [-0.1, -0.05) is 73.5 Å². The molecule has 3 amide bonds. The number of carbonyl (C=O) groups is 3. The largest absolute Gasteiger partial charge is 0.351 e. The molecule has 4 N–H and O–H groups in total. The van der Waals surface area contributed by atoms with Crippen molar-refractivity contribution in [3.05, 3.63) is 71.8 Å². The van der Waals surface area contributed by atoms with Crippen LogP contribution in [0.25, 0.3) is 0 Å². The number of hydroxylamine groups is 1. The number of nitrogens with one attached hydrogen (secondary N) is 3. The summed E-state index contributed by atoms with van der Waals surface area (Å²) in [5, 5.41) is 14.2. The molecular formula is C23H29N3O4. The van der Waals surface area contributed by atoms with Crippen molar-refractivity contribution >= 4 is 17.7 Å². The summed E-state index contributed by atoms with van der Waals surface area (Å²) in [7, 11) is 0. The zero-order valence-electron chi connectivity index (χ0n) is 17.0. The lowest BCUT2D eigenvalue weighted by Crippen LogP contribution is -2.41. The molecule has 0 aliphatic carbocycles. The molecule has 0 saturated carbocycles. The van der Waals surface area contributed by atoms with Crippen molar-refractivity contribution in [2.24, 2.45) is 5.92 Å². The van der Waals surface area contributed by atoms with Crippen molar-refractivity contribution in [2.75, 3.05) is 0 Å². The van der Waals surface area contributed by atoms with Crippen molar-refractivity contribution in [2.45, 2.75) is 45.2 Å². The first-order valence-corrected chi connectivity index (χ1v) is 10.2. The van der Waals surface area contributed by atoms with Crippen LogP contribution in [0.15, 0.2) is 60.7 Å². The van der Waals surface area contributed by atoms with Gasteiger partial charge in [0.05, 0.1) is 0 Å². The summed E-state index contributed by atoms with van der Waals surface area (Å²) in [4.78, 5) is 36.5. The van der Waals surface area contributed by atoms with Crippen molar-refractivity contribution in [3.8, 4) is 0 Å². The fraction of sp³-hybridized carbons (Fsp3) is 0.348. The second-order valence-corrected chi connectivity index (χ2v) is 7.09. The Morgan fingerprint density at radius 1 is 0.733 bits per heavy atom. The minimum Gasteiger partial charge on any atom is -0.351 e. The quantitative estimate of drug-likeness (QED) is 0.186. The van der Waals surface area contributed by atoms with E-state index < -0.39 is 11.8 Å². The van der Waals surface area contributed by atoms with Crippen LogP contribution in [0.1, 0.15) is 43.2 Å². The van der Waals surface area contributed by atoms with Gasteiger partial charge < -0.3 is 10.6 Å². The minimum absolute atomic E-state index is 0.210. The molecule has 0 aliphatic heterocycles. The van der Waals surface area contributed by atoms with E-state index in [0.29, 0.717) is 38.8 Å². The zero-order chi connectivity index (χ0) is 21.6. The van der Waals surface area contributed by atoms with Gasteiger partial charge in [0.2, 0.25) is 17.7 Å². The van der Waals surface area contributed by atoms with Gasteiger partial charge in [0.1, 0.15) is 5.92 Å². The van der Waals surface area contributed by atoms with Gasteiger partial charge in [0.25, 0.3) is 0 Å². The fourth-order valence-corrected chi connectivity index (χ4v) is 3.06. The number of amides is 3. The highest BCUT2D eigenvalue weighted by atomic mass is 16.5. The predicted octanol–water partition coefficient (Wildman–Crippen LogP) is 2.69. The highest BCUT2D eigenvalue weighted by Gasteiger charge is 2.25. The lowest BCUT2D eigenvalue weighted by molar-refractivity contribution is -0.136. The van der Waals surface area contributed by atoms with Crippen molar-refractivity contribution in [1.29, 1.82) is 0 Å². The Morgan fingerprint density at radius 3 is 1.70 bits per heavy atom. The van der Waals surface area contributed by atoms with Crippen LogP contribution in [0.4, 0.5) is 0 Å². The van der Waals surface area contributed by atoms with Crippen molar-refractivity contribution < 1.29 is 19.6 Å². The Bertz CT molecular complexity index is 741. The van der Waals surface area contributed by atoms with Gasteiger partial charge in [0.15, 0.2) is 0 Å². The Balaban J connectivity index is 1.89. The maximum Gasteiger partial charge on any atom is 0.243 e. The average molecular weight is 412 g/mol. The summed E-state index contributed by atoms with van der Waals surface area (Å²) >= 11 is 0. The standard InChI is InChI=1S/C23H29N3O4/c27-21(26-30)15-9-3-8-14-20(22(28)24-16-18-10-4-1-5-11-18)23(29)25-17-19-12-6-2-7-13-19/h1-2,4-7,10-13,20,30H,3,8-9,14-17H2,(H,24,28)(H,25,29)(H,26,27). The molecule has 2 aromatic rings. The number of unbranched alkanes of at least 4 members (excludes halogenated alkanes) is 2. The molecule has 0 atom stereocenters. The van der Waals surface area contributed by atoms with Crippen LogP contribution >= 0.6 is 0 Å². The maximum absolute atomic E-state index is 12.7. The van der Waals surface area contributed by atoms with Gasteiger partial charge >= 0.3 is 0 Å². The van der Waals surface area contributed by atoms with Crippen LogP contribution in [-0.4, -0.2) is 22.9 Å². The van der Waals surface area contributed by atoms with E-state index in [1.54, 1.807) is 5.48 Å². The number of benzene rings is 2. The number of rotatable bonds is 12. The van der Waals surface area contributed by atoms with Gasteiger partial charge in [-0.3, -0.25) is 19.6 Å². The summed E-state index contributed by atoms with van der Waals surface area (Å²) in [5.41, 5.74) is 3.52. The lowest BCUT2D eigenvalue weighted by Gasteiger charge is -2.17. The number of hydrogen-bond acceptors (Lipinski definition) is 4. The second kappa shape index (κ2) is 13.1. The minimum atomic E-state index is -0.802. The summed E-state index contributed by atoms with van der Waals surface area (Å²) in [5.74, 6) is -1.85. The molecule has 160 valence electrons. The SMILES string of the molecule is O=C(CCCCCC(C(=O)NCc1ccccc1)C(=O)NCc1ccccc1)NO.